The molecular formula is C17H27N9O2. The lowest BCUT2D eigenvalue weighted by atomic mass is 10.1. The summed E-state index contributed by atoms with van der Waals surface area (Å²) >= 11 is 0. The third-order valence-electron chi connectivity index (χ3n) is 4.20. The van der Waals surface area contributed by atoms with Gasteiger partial charge in [-0.1, -0.05) is 6.07 Å². The van der Waals surface area contributed by atoms with Gasteiger partial charge in [0.1, 0.15) is 11.9 Å². The van der Waals surface area contributed by atoms with E-state index in [0.29, 0.717) is 31.2 Å². The molecule has 1 aromatic heterocycles. The molecule has 1 aliphatic rings. The van der Waals surface area contributed by atoms with Crippen LogP contribution in [0.2, 0.25) is 0 Å². The number of pyridine rings is 1. The van der Waals surface area contributed by atoms with Crippen molar-refractivity contribution in [3.63, 3.8) is 0 Å². The lowest BCUT2D eigenvalue weighted by Gasteiger charge is -2.30. The second-order valence-corrected chi connectivity index (χ2v) is 6.45. The topological polar surface area (TPSA) is 177 Å². The van der Waals surface area contributed by atoms with Gasteiger partial charge in [-0.3, -0.25) is 19.9 Å². The van der Waals surface area contributed by atoms with E-state index in [0.717, 1.165) is 0 Å². The highest BCUT2D eigenvalue weighted by Crippen LogP contribution is 2.09. The van der Waals surface area contributed by atoms with Gasteiger partial charge in [0.25, 0.3) is 5.91 Å². The molecule has 8 N–H and O–H groups in total. The SMILES string of the molecule is CN(C(=O)C[C@@H](N)CCCN=C(N)N)C1CN=C(Nc2ccccn2)NC1=O. The van der Waals surface area contributed by atoms with E-state index in [-0.39, 0.29) is 36.8 Å². The first kappa shape index (κ1) is 21.1. The molecule has 11 nitrogen and oxygen atoms in total. The van der Waals surface area contributed by atoms with Gasteiger partial charge in [0.15, 0.2) is 5.96 Å². The van der Waals surface area contributed by atoms with Crippen molar-refractivity contribution in [3.05, 3.63) is 24.4 Å². The summed E-state index contributed by atoms with van der Waals surface area (Å²) in [5, 5.41) is 5.58. The predicted octanol–water partition coefficient (Wildman–Crippen LogP) is -1.42. The molecular weight excluding hydrogens is 362 g/mol. The van der Waals surface area contributed by atoms with Crippen LogP contribution < -0.4 is 27.8 Å². The first-order valence-electron chi connectivity index (χ1n) is 8.97. The minimum atomic E-state index is -0.685. The zero-order valence-corrected chi connectivity index (χ0v) is 15.8. The van der Waals surface area contributed by atoms with Crippen molar-refractivity contribution in [3.8, 4) is 0 Å². The summed E-state index contributed by atoms with van der Waals surface area (Å²) in [6, 6.07) is 4.34. The minimum Gasteiger partial charge on any atom is -0.370 e. The maximum atomic E-state index is 12.4. The fourth-order valence-corrected chi connectivity index (χ4v) is 2.63. The van der Waals surface area contributed by atoms with Crippen molar-refractivity contribution < 1.29 is 9.59 Å². The van der Waals surface area contributed by atoms with E-state index in [2.05, 4.69) is 25.6 Å². The van der Waals surface area contributed by atoms with Gasteiger partial charge in [0.2, 0.25) is 11.9 Å². The standard InChI is InChI=1S/C17H27N9O2/c1-26(14(27)9-11(18)5-4-8-22-16(19)20)12-10-23-17(25-15(12)28)24-13-6-2-3-7-21-13/h2-3,6-7,11-12H,4-5,8-10,18H2,1H3,(H4,19,20,22)(H2,21,23,24,25,28)/t11-,12?/m0/s1. The number of aromatic nitrogens is 1. The Kier molecular flexibility index (Phi) is 7.69. The summed E-state index contributed by atoms with van der Waals surface area (Å²) in [5.74, 6) is 0.370. The van der Waals surface area contributed by atoms with E-state index in [1.54, 1.807) is 25.4 Å². The van der Waals surface area contributed by atoms with Gasteiger partial charge in [-0.05, 0) is 25.0 Å². The van der Waals surface area contributed by atoms with Gasteiger partial charge in [-0.15, -0.1) is 0 Å². The average Bonchev–Trinajstić information content (AvgIpc) is 2.65. The molecule has 2 rings (SSSR count). The number of anilines is 1. The summed E-state index contributed by atoms with van der Waals surface area (Å²) in [4.78, 5) is 38.5. The Morgan fingerprint density at radius 3 is 2.89 bits per heavy atom. The predicted molar refractivity (Wildman–Crippen MR) is 107 cm³/mol. The van der Waals surface area contributed by atoms with Gasteiger partial charge in [0, 0.05) is 32.3 Å². The molecule has 1 aromatic rings. The van der Waals surface area contributed by atoms with E-state index in [9.17, 15) is 9.59 Å². The molecule has 0 saturated heterocycles. The Morgan fingerprint density at radius 2 is 2.25 bits per heavy atom. The maximum Gasteiger partial charge on any atom is 0.251 e. The molecule has 0 fully saturated rings. The number of nitrogens with two attached hydrogens (primary N) is 3. The summed E-state index contributed by atoms with van der Waals surface area (Å²) in [6.07, 6.45) is 3.03. The number of aliphatic imine (C=N–C) groups is 2. The van der Waals surface area contributed by atoms with E-state index in [4.69, 9.17) is 17.2 Å². The van der Waals surface area contributed by atoms with Crippen LogP contribution in [0, 0.1) is 0 Å². The molecule has 1 unspecified atom stereocenters. The Morgan fingerprint density at radius 1 is 1.46 bits per heavy atom. The van der Waals surface area contributed by atoms with Gasteiger partial charge in [-0.2, -0.15) is 0 Å². The van der Waals surface area contributed by atoms with Crippen LogP contribution >= 0.6 is 0 Å². The molecule has 28 heavy (non-hydrogen) atoms. The van der Waals surface area contributed by atoms with Crippen LogP contribution in [0.1, 0.15) is 19.3 Å². The molecule has 0 aliphatic carbocycles. The molecule has 152 valence electrons. The average molecular weight is 389 g/mol. The Bertz CT molecular complexity index is 731. The number of guanidine groups is 2. The Hall–Kier alpha value is -3.21. The second-order valence-electron chi connectivity index (χ2n) is 6.45. The van der Waals surface area contributed by atoms with Crippen LogP contribution in [0.15, 0.2) is 34.4 Å². The maximum absolute atomic E-state index is 12.4. The first-order valence-corrected chi connectivity index (χ1v) is 8.97. The van der Waals surface area contributed by atoms with Crippen LogP contribution in [0.3, 0.4) is 0 Å². The Balaban J connectivity index is 1.83. The minimum absolute atomic E-state index is 0.0325. The molecule has 11 heteroatoms. The molecule has 2 heterocycles. The van der Waals surface area contributed by atoms with Crippen molar-refractivity contribution in [1.29, 1.82) is 0 Å². The van der Waals surface area contributed by atoms with E-state index < -0.39 is 6.04 Å². The molecule has 1 aliphatic heterocycles. The lowest BCUT2D eigenvalue weighted by molar-refractivity contribution is -0.138. The molecule has 0 aromatic carbocycles. The van der Waals surface area contributed by atoms with Crippen molar-refractivity contribution in [2.45, 2.75) is 31.3 Å². The molecule has 2 amide bonds. The van der Waals surface area contributed by atoms with Gasteiger partial charge in [-0.25, -0.2) is 9.98 Å². The zero-order chi connectivity index (χ0) is 20.5. The summed E-state index contributed by atoms with van der Waals surface area (Å²) < 4.78 is 0. The summed E-state index contributed by atoms with van der Waals surface area (Å²) in [5.41, 5.74) is 16.5. The fraction of sp³-hybridized carbons (Fsp3) is 0.471. The number of hydrogen-bond donors (Lipinski definition) is 5. The van der Waals surface area contributed by atoms with Crippen LogP contribution in [0.4, 0.5) is 5.82 Å². The lowest BCUT2D eigenvalue weighted by Crippen LogP contribution is -2.55. The smallest absolute Gasteiger partial charge is 0.251 e. The summed E-state index contributed by atoms with van der Waals surface area (Å²) in [7, 11) is 1.57. The Labute approximate surface area is 163 Å². The first-order chi connectivity index (χ1) is 13.4. The zero-order valence-electron chi connectivity index (χ0n) is 15.8. The largest absolute Gasteiger partial charge is 0.370 e. The highest BCUT2D eigenvalue weighted by atomic mass is 16.2. The molecule has 2 atom stereocenters. The van der Waals surface area contributed by atoms with Gasteiger partial charge >= 0.3 is 0 Å². The number of nitrogens with zero attached hydrogens (tertiary/aromatic N) is 4. The highest BCUT2D eigenvalue weighted by molar-refractivity contribution is 6.07. The number of hydrogen-bond acceptors (Lipinski definition) is 7. The fourth-order valence-electron chi connectivity index (χ4n) is 2.63. The molecule has 0 radical (unpaired) electrons. The second kappa shape index (κ2) is 10.2. The van der Waals surface area contributed by atoms with E-state index >= 15 is 0 Å². The van der Waals surface area contributed by atoms with Gasteiger partial charge < -0.3 is 27.4 Å². The van der Waals surface area contributed by atoms with Crippen molar-refractivity contribution in [2.75, 3.05) is 25.5 Å². The molecule has 0 saturated carbocycles. The van der Waals surface area contributed by atoms with Crippen LogP contribution in [0.5, 0.6) is 0 Å². The van der Waals surface area contributed by atoms with Crippen LogP contribution in [-0.4, -0.2) is 65.8 Å². The van der Waals surface area contributed by atoms with Crippen LogP contribution in [-0.2, 0) is 9.59 Å². The van der Waals surface area contributed by atoms with Crippen molar-refractivity contribution >= 4 is 29.6 Å². The number of carbonyl (C=O) groups excluding carboxylic acids is 2. The van der Waals surface area contributed by atoms with Crippen molar-refractivity contribution in [2.24, 2.45) is 27.2 Å². The quantitative estimate of drug-likeness (QED) is 0.206. The number of rotatable bonds is 8. The summed E-state index contributed by atoms with van der Waals surface area (Å²) in [6.45, 7) is 0.620. The molecule has 0 spiro atoms. The number of carbonyl (C=O) groups is 2. The highest BCUT2D eigenvalue weighted by Gasteiger charge is 2.31. The normalized spacial score (nSPS) is 17.1. The van der Waals surface area contributed by atoms with E-state index in [1.807, 2.05) is 6.07 Å². The van der Waals surface area contributed by atoms with Gasteiger partial charge in [0.05, 0.1) is 6.54 Å². The number of amides is 2. The van der Waals surface area contributed by atoms with E-state index in [1.165, 1.54) is 4.90 Å². The monoisotopic (exact) mass is 389 g/mol. The number of nitrogens with one attached hydrogen (secondary N) is 2. The molecule has 0 bridgehead atoms. The third kappa shape index (κ3) is 6.50. The van der Waals surface area contributed by atoms with Crippen LogP contribution in [0.25, 0.3) is 0 Å². The number of likely N-dealkylation sites (N-methyl/N-ethyl adjacent to an activating group) is 1. The third-order valence-corrected chi connectivity index (χ3v) is 4.20. The van der Waals surface area contributed by atoms with Crippen molar-refractivity contribution in [1.82, 2.24) is 15.2 Å².